The molecule has 0 saturated heterocycles. The number of hydrogen-bond donors (Lipinski definition) is 2. The van der Waals surface area contributed by atoms with E-state index in [1.165, 1.54) is 68.9 Å². The Hall–Kier alpha value is -1.41. The van der Waals surface area contributed by atoms with Crippen molar-refractivity contribution in [3.8, 4) is 11.5 Å². The zero-order valence-electron chi connectivity index (χ0n) is 18.3. The largest absolute Gasteiger partial charge is 0.508 e. The molecule has 0 aliphatic heterocycles. The van der Waals surface area contributed by atoms with Gasteiger partial charge in [0.15, 0.2) is 0 Å². The number of allylic oxidation sites excluding steroid dienone is 1. The van der Waals surface area contributed by atoms with Crippen molar-refractivity contribution >= 4 is 17.2 Å². The van der Waals surface area contributed by atoms with Gasteiger partial charge in [0, 0.05) is 22.9 Å². The molecule has 0 spiro atoms. The number of aromatic hydroxyl groups is 2. The van der Waals surface area contributed by atoms with Gasteiger partial charge in [-0.2, -0.15) is 0 Å². The van der Waals surface area contributed by atoms with E-state index in [9.17, 15) is 10.2 Å². The first-order valence-corrected chi connectivity index (χ1v) is 12.1. The van der Waals surface area contributed by atoms with Crippen molar-refractivity contribution in [1.29, 1.82) is 0 Å². The number of rotatable bonds is 6. The van der Waals surface area contributed by atoms with Crippen molar-refractivity contribution in [2.45, 2.75) is 70.6 Å². The molecule has 2 nitrogen and oxygen atoms in total. The fourth-order valence-corrected chi connectivity index (χ4v) is 4.88. The van der Waals surface area contributed by atoms with Crippen LogP contribution in [-0.2, 0) is 17.1 Å². The van der Waals surface area contributed by atoms with Crippen LogP contribution in [0.2, 0.25) is 0 Å². The molecule has 0 bridgehead atoms. The van der Waals surface area contributed by atoms with E-state index in [4.69, 9.17) is 11.6 Å². The Kier molecular flexibility index (Phi) is 11.6. The summed E-state index contributed by atoms with van der Waals surface area (Å²) in [5, 5.41) is 19.3. The van der Waals surface area contributed by atoms with Gasteiger partial charge in [-0.05, 0) is 72.6 Å². The van der Waals surface area contributed by atoms with Gasteiger partial charge in [0.2, 0.25) is 0 Å². The van der Waals surface area contributed by atoms with E-state index in [2.05, 4.69) is 0 Å². The van der Waals surface area contributed by atoms with Crippen molar-refractivity contribution in [3.05, 3.63) is 65.2 Å². The minimum Gasteiger partial charge on any atom is -0.508 e. The standard InChI is InChI=1S/C22H25ClO2.C5H10.Fe/c23-15-3-6-21(16-4-1-2-5-16)22(17-7-11-19(24)12-8-17)18-9-13-20(25)14-10-18;1-2-4-5-3-1;/h7-14,16,24-25H,1-6,15H2;1-5H2;. The maximum atomic E-state index is 9.67. The van der Waals surface area contributed by atoms with E-state index >= 15 is 0 Å². The van der Waals surface area contributed by atoms with Crippen molar-refractivity contribution in [2.24, 2.45) is 5.92 Å². The van der Waals surface area contributed by atoms with Gasteiger partial charge < -0.3 is 10.2 Å². The summed E-state index contributed by atoms with van der Waals surface area (Å²) in [6.07, 6.45) is 14.5. The monoisotopic (exact) mass is 482 g/mol. The van der Waals surface area contributed by atoms with E-state index in [1.807, 2.05) is 24.3 Å². The van der Waals surface area contributed by atoms with Gasteiger partial charge in [-0.25, -0.2) is 0 Å². The molecular formula is C27H35ClFeO2. The van der Waals surface area contributed by atoms with Crippen LogP contribution in [0.1, 0.15) is 81.8 Å². The zero-order valence-corrected chi connectivity index (χ0v) is 20.2. The predicted octanol–water partition coefficient (Wildman–Crippen LogP) is 8.06. The molecule has 2 N–H and O–H groups in total. The molecule has 0 heterocycles. The second-order valence-electron chi connectivity index (χ2n) is 8.54. The number of benzene rings is 2. The van der Waals surface area contributed by atoms with Crippen molar-refractivity contribution in [3.63, 3.8) is 0 Å². The quantitative estimate of drug-likeness (QED) is 0.323. The first kappa shape index (κ1) is 25.8. The summed E-state index contributed by atoms with van der Waals surface area (Å²) in [4.78, 5) is 0. The van der Waals surface area contributed by atoms with Crippen LogP contribution >= 0.6 is 11.6 Å². The van der Waals surface area contributed by atoms with Crippen LogP contribution in [0.25, 0.3) is 5.57 Å². The molecule has 4 heteroatoms. The minimum absolute atomic E-state index is 0. The number of phenols is 2. The molecule has 2 aromatic carbocycles. The van der Waals surface area contributed by atoms with Crippen LogP contribution in [-0.4, -0.2) is 16.1 Å². The molecule has 0 aromatic heterocycles. The first-order valence-electron chi connectivity index (χ1n) is 11.6. The Bertz CT molecular complexity index is 734. The van der Waals surface area contributed by atoms with Crippen LogP contribution in [0.15, 0.2) is 54.1 Å². The molecule has 4 rings (SSSR count). The maximum Gasteiger partial charge on any atom is 0.115 e. The summed E-state index contributed by atoms with van der Waals surface area (Å²) >= 11 is 6.00. The average Bonchev–Trinajstić information content (AvgIpc) is 3.50. The van der Waals surface area contributed by atoms with Crippen LogP contribution < -0.4 is 0 Å². The van der Waals surface area contributed by atoms with E-state index in [-0.39, 0.29) is 28.6 Å². The Morgan fingerprint density at radius 3 is 1.52 bits per heavy atom. The summed E-state index contributed by atoms with van der Waals surface area (Å²) in [6, 6.07) is 14.9. The Morgan fingerprint density at radius 2 is 1.13 bits per heavy atom. The summed E-state index contributed by atoms with van der Waals surface area (Å²) in [6.45, 7) is 0. The fourth-order valence-electron chi connectivity index (χ4n) is 4.74. The summed E-state index contributed by atoms with van der Waals surface area (Å²) in [5.74, 6) is 1.81. The van der Waals surface area contributed by atoms with Crippen molar-refractivity contribution in [1.82, 2.24) is 0 Å². The van der Waals surface area contributed by atoms with Crippen LogP contribution in [0.3, 0.4) is 0 Å². The molecular weight excluding hydrogens is 448 g/mol. The van der Waals surface area contributed by atoms with E-state index in [1.54, 1.807) is 24.3 Å². The Labute approximate surface area is 203 Å². The Morgan fingerprint density at radius 1 is 0.710 bits per heavy atom. The normalized spacial score (nSPS) is 15.6. The third-order valence-corrected chi connectivity index (χ3v) is 6.58. The first-order chi connectivity index (χ1) is 14.7. The molecule has 170 valence electrons. The molecule has 2 aromatic rings. The fraction of sp³-hybridized carbons (Fsp3) is 0.481. The molecule has 0 unspecified atom stereocenters. The van der Waals surface area contributed by atoms with Gasteiger partial charge in [-0.1, -0.05) is 74.8 Å². The van der Waals surface area contributed by atoms with Gasteiger partial charge in [0.05, 0.1) is 0 Å². The molecule has 2 aliphatic carbocycles. The number of halogens is 1. The van der Waals surface area contributed by atoms with Gasteiger partial charge in [-0.15, -0.1) is 11.6 Å². The van der Waals surface area contributed by atoms with Gasteiger partial charge >= 0.3 is 0 Å². The smallest absolute Gasteiger partial charge is 0.115 e. The Balaban J connectivity index is 0.000000501. The SMILES string of the molecule is C1CCCC1.Oc1ccc(C(=C(CCCCl)C2CCCC2)c2ccc(O)cc2)cc1.[Fe]. The van der Waals surface area contributed by atoms with Crippen molar-refractivity contribution in [2.75, 3.05) is 5.88 Å². The molecule has 0 atom stereocenters. The number of phenolic OH excluding ortho intramolecular Hbond substituents is 2. The van der Waals surface area contributed by atoms with Gasteiger partial charge in [-0.3, -0.25) is 0 Å². The molecule has 0 radical (unpaired) electrons. The average molecular weight is 483 g/mol. The summed E-state index contributed by atoms with van der Waals surface area (Å²) in [7, 11) is 0. The summed E-state index contributed by atoms with van der Waals surface area (Å²) in [5.41, 5.74) is 4.92. The zero-order chi connectivity index (χ0) is 21.2. The molecule has 0 amide bonds. The van der Waals surface area contributed by atoms with Gasteiger partial charge in [0.25, 0.3) is 0 Å². The molecule has 31 heavy (non-hydrogen) atoms. The van der Waals surface area contributed by atoms with Crippen LogP contribution in [0, 0.1) is 5.92 Å². The predicted molar refractivity (Wildman–Crippen MR) is 127 cm³/mol. The third kappa shape index (κ3) is 7.90. The summed E-state index contributed by atoms with van der Waals surface area (Å²) < 4.78 is 0. The van der Waals surface area contributed by atoms with E-state index in [0.717, 1.165) is 24.0 Å². The van der Waals surface area contributed by atoms with E-state index < -0.39 is 0 Å². The topological polar surface area (TPSA) is 40.5 Å². The molecule has 2 fully saturated rings. The minimum atomic E-state index is 0. The van der Waals surface area contributed by atoms with Crippen LogP contribution in [0.5, 0.6) is 11.5 Å². The van der Waals surface area contributed by atoms with Crippen LogP contribution in [0.4, 0.5) is 0 Å². The van der Waals surface area contributed by atoms with Gasteiger partial charge in [0.1, 0.15) is 11.5 Å². The second-order valence-corrected chi connectivity index (χ2v) is 8.91. The number of hydrogen-bond acceptors (Lipinski definition) is 2. The second kappa shape index (κ2) is 13.9. The maximum absolute atomic E-state index is 9.67. The van der Waals surface area contributed by atoms with Crippen molar-refractivity contribution < 1.29 is 27.3 Å². The molecule has 2 saturated carbocycles. The third-order valence-electron chi connectivity index (χ3n) is 6.31. The molecule has 2 aliphatic rings. The van der Waals surface area contributed by atoms with E-state index in [0.29, 0.717) is 11.8 Å². The number of alkyl halides is 1.